The molecule has 0 aliphatic carbocycles. The lowest BCUT2D eigenvalue weighted by Gasteiger charge is -2.16. The minimum absolute atomic E-state index is 0.0634. The lowest BCUT2D eigenvalue weighted by Crippen LogP contribution is -2.21. The van der Waals surface area contributed by atoms with Crippen molar-refractivity contribution in [1.29, 1.82) is 0 Å². The highest BCUT2D eigenvalue weighted by molar-refractivity contribution is 7.42. The van der Waals surface area contributed by atoms with Crippen LogP contribution in [0, 0.1) is 20.8 Å². The Morgan fingerprint density at radius 2 is 1.62 bits per heavy atom. The van der Waals surface area contributed by atoms with Gasteiger partial charge in [-0.3, -0.25) is 4.79 Å². The van der Waals surface area contributed by atoms with Crippen molar-refractivity contribution < 1.29 is 9.32 Å². The van der Waals surface area contributed by atoms with Crippen LogP contribution in [0.1, 0.15) is 34.0 Å². The summed E-state index contributed by atoms with van der Waals surface area (Å²) in [6, 6.07) is 14.1. The van der Waals surface area contributed by atoms with E-state index in [-0.39, 0.29) is 14.6 Å². The molecule has 0 saturated heterocycles. The summed E-state index contributed by atoms with van der Waals surface area (Å²) in [6.45, 7) is 7.85. The van der Waals surface area contributed by atoms with E-state index >= 15 is 0 Å². The Kier molecular flexibility index (Phi) is 5.27. The van der Waals surface area contributed by atoms with Crippen molar-refractivity contribution >= 4 is 19.9 Å². The number of carbonyl (C=O) groups excluding carboxylic acids is 1. The molecule has 0 saturated carbocycles. The van der Waals surface area contributed by atoms with Gasteiger partial charge in [-0.2, -0.15) is 0 Å². The number of aryl methyl sites for hydroxylation is 3. The Balaban J connectivity index is 2.09. The second-order valence-electron chi connectivity index (χ2n) is 5.37. The molecule has 0 spiro atoms. The third-order valence-corrected chi connectivity index (χ3v) is 4.46. The fourth-order valence-corrected chi connectivity index (χ4v) is 3.24. The average molecular weight is 300 g/mol. The highest BCUT2D eigenvalue weighted by Crippen LogP contribution is 2.22. The van der Waals surface area contributed by atoms with E-state index in [0.29, 0.717) is 0 Å². The Morgan fingerprint density at radius 3 is 2.19 bits per heavy atom. The van der Waals surface area contributed by atoms with E-state index in [1.54, 1.807) is 0 Å². The standard InChI is InChI=1S/C18H21O2P/c1-12-10-13(2)17(14(3)11-12)18(19)15(4)20-21-16-8-6-5-7-9-16/h5-11,15,21H,1-4H3. The Hall–Kier alpha value is -1.50. The number of carbonyl (C=O) groups is 1. The molecule has 0 amide bonds. The van der Waals surface area contributed by atoms with Crippen LogP contribution in [0.25, 0.3) is 0 Å². The molecule has 0 aromatic heterocycles. The molecule has 2 nitrogen and oxygen atoms in total. The van der Waals surface area contributed by atoms with Gasteiger partial charge in [0.15, 0.2) is 5.78 Å². The highest BCUT2D eigenvalue weighted by Gasteiger charge is 2.20. The molecule has 21 heavy (non-hydrogen) atoms. The highest BCUT2D eigenvalue weighted by atomic mass is 31.1. The van der Waals surface area contributed by atoms with E-state index in [2.05, 4.69) is 0 Å². The summed E-state index contributed by atoms with van der Waals surface area (Å²) in [4.78, 5) is 12.6. The molecule has 0 heterocycles. The SMILES string of the molecule is Cc1cc(C)c(C(=O)C(C)OPc2ccccc2)c(C)c1. The lowest BCUT2D eigenvalue weighted by molar-refractivity contribution is 0.0840. The second kappa shape index (κ2) is 6.98. The summed E-state index contributed by atoms with van der Waals surface area (Å²) in [5.41, 5.74) is 4.03. The van der Waals surface area contributed by atoms with Crippen LogP contribution in [-0.4, -0.2) is 11.9 Å². The third kappa shape index (κ3) is 4.00. The zero-order chi connectivity index (χ0) is 15.4. The van der Waals surface area contributed by atoms with E-state index in [1.165, 1.54) is 5.56 Å². The number of rotatable bonds is 5. The Labute approximate surface area is 128 Å². The Morgan fingerprint density at radius 1 is 1.05 bits per heavy atom. The molecule has 2 aromatic rings. The summed E-state index contributed by atoms with van der Waals surface area (Å²) in [6.07, 6.45) is -0.427. The quantitative estimate of drug-likeness (QED) is 0.613. The van der Waals surface area contributed by atoms with Crippen molar-refractivity contribution in [2.24, 2.45) is 0 Å². The molecule has 2 unspecified atom stereocenters. The van der Waals surface area contributed by atoms with Crippen LogP contribution in [0.5, 0.6) is 0 Å². The molecule has 0 N–H and O–H groups in total. The molecule has 2 rings (SSSR count). The van der Waals surface area contributed by atoms with Crippen LogP contribution < -0.4 is 5.30 Å². The van der Waals surface area contributed by atoms with E-state index in [4.69, 9.17) is 4.52 Å². The van der Waals surface area contributed by atoms with Gasteiger partial charge in [0, 0.05) is 14.4 Å². The van der Waals surface area contributed by atoms with Gasteiger partial charge in [-0.1, -0.05) is 48.0 Å². The minimum atomic E-state index is -0.427. The molecule has 0 fully saturated rings. The average Bonchev–Trinajstić information content (AvgIpc) is 2.44. The molecular formula is C18H21O2P. The van der Waals surface area contributed by atoms with Crippen molar-refractivity contribution in [2.45, 2.75) is 33.8 Å². The zero-order valence-corrected chi connectivity index (χ0v) is 13.9. The number of benzene rings is 2. The van der Waals surface area contributed by atoms with Gasteiger partial charge in [0.1, 0.15) is 6.10 Å². The van der Waals surface area contributed by atoms with E-state index < -0.39 is 6.10 Å². The number of hydrogen-bond donors (Lipinski definition) is 0. The first kappa shape index (κ1) is 15.9. The third-order valence-electron chi connectivity index (χ3n) is 3.42. The summed E-state index contributed by atoms with van der Waals surface area (Å²) in [5, 5.41) is 1.11. The normalized spacial score (nSPS) is 12.8. The summed E-state index contributed by atoms with van der Waals surface area (Å²) >= 11 is 0. The number of hydrogen-bond acceptors (Lipinski definition) is 2. The van der Waals surface area contributed by atoms with Crippen molar-refractivity contribution in [3.63, 3.8) is 0 Å². The fourth-order valence-electron chi connectivity index (χ4n) is 2.49. The van der Waals surface area contributed by atoms with Gasteiger partial charge >= 0.3 is 0 Å². The first-order valence-electron chi connectivity index (χ1n) is 7.08. The molecule has 3 heteroatoms. The maximum atomic E-state index is 12.6. The van der Waals surface area contributed by atoms with Crippen molar-refractivity contribution in [3.8, 4) is 0 Å². The van der Waals surface area contributed by atoms with Crippen molar-refractivity contribution in [1.82, 2.24) is 0 Å². The predicted molar refractivity (Wildman–Crippen MR) is 89.9 cm³/mol. The monoisotopic (exact) mass is 300 g/mol. The van der Waals surface area contributed by atoms with Gasteiger partial charge in [-0.25, -0.2) is 0 Å². The Bertz CT molecular complexity index is 612. The van der Waals surface area contributed by atoms with Gasteiger partial charge in [-0.15, -0.1) is 0 Å². The van der Waals surface area contributed by atoms with Crippen LogP contribution in [0.15, 0.2) is 42.5 Å². The molecule has 0 radical (unpaired) electrons. The number of Topliss-reactive ketones (excluding diaryl/α,β-unsaturated/α-hetero) is 1. The summed E-state index contributed by atoms with van der Waals surface area (Å²) < 4.78 is 5.76. The molecule has 2 aromatic carbocycles. The molecule has 0 aliphatic heterocycles. The maximum absolute atomic E-state index is 12.6. The first-order valence-corrected chi connectivity index (χ1v) is 7.98. The van der Waals surface area contributed by atoms with Crippen LogP contribution in [0.4, 0.5) is 0 Å². The van der Waals surface area contributed by atoms with Crippen LogP contribution >= 0.6 is 8.81 Å². The summed E-state index contributed by atoms with van der Waals surface area (Å²) in [7, 11) is 0.193. The van der Waals surface area contributed by atoms with Gasteiger partial charge < -0.3 is 4.52 Å². The second-order valence-corrected chi connectivity index (χ2v) is 6.38. The maximum Gasteiger partial charge on any atom is 0.192 e. The van der Waals surface area contributed by atoms with E-state index in [1.807, 2.05) is 70.2 Å². The first-order chi connectivity index (χ1) is 9.99. The zero-order valence-electron chi connectivity index (χ0n) is 12.9. The van der Waals surface area contributed by atoms with Gasteiger partial charge in [0.2, 0.25) is 0 Å². The lowest BCUT2D eigenvalue weighted by atomic mass is 9.95. The number of ketones is 1. The van der Waals surface area contributed by atoms with Crippen molar-refractivity contribution in [2.75, 3.05) is 0 Å². The van der Waals surface area contributed by atoms with Gasteiger partial charge in [0.25, 0.3) is 0 Å². The molecule has 2 atom stereocenters. The minimum Gasteiger partial charge on any atom is -0.347 e. The largest absolute Gasteiger partial charge is 0.347 e. The summed E-state index contributed by atoms with van der Waals surface area (Å²) in [5.74, 6) is 0.0634. The molecule has 0 bridgehead atoms. The van der Waals surface area contributed by atoms with Crippen LogP contribution in [0.3, 0.4) is 0 Å². The van der Waals surface area contributed by atoms with Gasteiger partial charge in [-0.05, 0) is 44.1 Å². The molecule has 0 aliphatic rings. The van der Waals surface area contributed by atoms with E-state index in [9.17, 15) is 4.79 Å². The smallest absolute Gasteiger partial charge is 0.192 e. The predicted octanol–water partition coefficient (Wildman–Crippen LogP) is 4.12. The van der Waals surface area contributed by atoms with Crippen LogP contribution in [-0.2, 0) is 4.52 Å². The van der Waals surface area contributed by atoms with E-state index in [0.717, 1.165) is 22.0 Å². The topological polar surface area (TPSA) is 26.3 Å². The van der Waals surface area contributed by atoms with Gasteiger partial charge in [0.05, 0.1) is 0 Å². The van der Waals surface area contributed by atoms with Crippen LogP contribution in [0.2, 0.25) is 0 Å². The fraction of sp³-hybridized carbons (Fsp3) is 0.278. The molecule has 110 valence electrons. The van der Waals surface area contributed by atoms with Crippen molar-refractivity contribution in [3.05, 3.63) is 64.7 Å². The molecular weight excluding hydrogens is 279 g/mol.